The minimum atomic E-state index is -0.503. The van der Waals surface area contributed by atoms with Gasteiger partial charge in [-0.2, -0.15) is 0 Å². The lowest BCUT2D eigenvalue weighted by Gasteiger charge is -2.10. The van der Waals surface area contributed by atoms with Gasteiger partial charge >= 0.3 is 5.97 Å². The number of anilines is 1. The van der Waals surface area contributed by atoms with Crippen molar-refractivity contribution in [3.8, 4) is 5.75 Å². The van der Waals surface area contributed by atoms with Crippen molar-refractivity contribution in [1.82, 2.24) is 4.98 Å². The summed E-state index contributed by atoms with van der Waals surface area (Å²) < 4.78 is 9.94. The highest BCUT2D eigenvalue weighted by molar-refractivity contribution is 5.96. The number of nitrogens with two attached hydrogens (primary N) is 1. The van der Waals surface area contributed by atoms with Gasteiger partial charge in [0.05, 0.1) is 19.7 Å². The molecule has 0 saturated heterocycles. The van der Waals surface area contributed by atoms with Crippen LogP contribution in [0.25, 0.3) is 10.9 Å². The molecule has 0 spiro atoms. The first-order valence-corrected chi connectivity index (χ1v) is 5.40. The van der Waals surface area contributed by atoms with Crippen LogP contribution in [0.4, 0.5) is 5.69 Å². The second-order valence-corrected chi connectivity index (χ2v) is 3.88. The van der Waals surface area contributed by atoms with Crippen LogP contribution in [0.5, 0.6) is 5.75 Å². The number of nitrogens with zero attached hydrogens (tertiary/aromatic N) is 1. The number of esters is 1. The smallest absolute Gasteiger partial charge is 0.356 e. The lowest BCUT2D eigenvalue weighted by Crippen LogP contribution is -2.06. The molecule has 0 atom stereocenters. The van der Waals surface area contributed by atoms with Gasteiger partial charge in [0.1, 0.15) is 5.75 Å². The summed E-state index contributed by atoms with van der Waals surface area (Å²) >= 11 is 0. The molecule has 0 fully saturated rings. The lowest BCUT2D eigenvalue weighted by molar-refractivity contribution is 0.0594. The maximum atomic E-state index is 11.5. The molecule has 0 radical (unpaired) electrons. The first-order valence-electron chi connectivity index (χ1n) is 5.40. The van der Waals surface area contributed by atoms with Crippen molar-refractivity contribution in [3.63, 3.8) is 0 Å². The highest BCUT2D eigenvalue weighted by Crippen LogP contribution is 2.30. The van der Waals surface area contributed by atoms with Crippen LogP contribution in [0.15, 0.2) is 18.2 Å². The van der Waals surface area contributed by atoms with Crippen molar-refractivity contribution in [3.05, 3.63) is 29.5 Å². The van der Waals surface area contributed by atoms with E-state index in [2.05, 4.69) is 9.72 Å². The summed E-state index contributed by atoms with van der Waals surface area (Å²) in [6.07, 6.45) is 0. The van der Waals surface area contributed by atoms with Gasteiger partial charge in [0.15, 0.2) is 5.69 Å². The van der Waals surface area contributed by atoms with Crippen LogP contribution in [-0.4, -0.2) is 25.2 Å². The monoisotopic (exact) mass is 246 g/mol. The zero-order valence-corrected chi connectivity index (χ0v) is 10.5. The Bertz CT molecular complexity index is 623. The van der Waals surface area contributed by atoms with Crippen LogP contribution in [0.1, 0.15) is 16.1 Å². The number of benzene rings is 1. The minimum absolute atomic E-state index is 0.204. The van der Waals surface area contributed by atoms with E-state index < -0.39 is 5.97 Å². The topological polar surface area (TPSA) is 74.4 Å². The number of carbonyl (C=O) groups is 1. The van der Waals surface area contributed by atoms with Gasteiger partial charge in [-0.3, -0.25) is 0 Å². The number of carbonyl (C=O) groups excluding carboxylic acids is 1. The predicted molar refractivity (Wildman–Crippen MR) is 68.8 cm³/mol. The minimum Gasteiger partial charge on any atom is -0.496 e. The standard InChI is InChI=1S/C13H14N2O3/c1-7-9(14)5-4-8-11(17-2)6-10(13(16)18-3)15-12(7)8/h4-6H,14H2,1-3H3. The normalized spacial score (nSPS) is 10.4. The fourth-order valence-electron chi connectivity index (χ4n) is 1.79. The van der Waals surface area contributed by atoms with Gasteiger partial charge in [-0.15, -0.1) is 0 Å². The number of methoxy groups -OCH3 is 2. The quantitative estimate of drug-likeness (QED) is 0.647. The fraction of sp³-hybridized carbons (Fsp3) is 0.231. The molecule has 5 heteroatoms. The lowest BCUT2D eigenvalue weighted by atomic mass is 10.1. The Labute approximate surface area is 105 Å². The van der Waals surface area contributed by atoms with Gasteiger partial charge in [-0.25, -0.2) is 9.78 Å². The zero-order valence-electron chi connectivity index (χ0n) is 10.5. The number of pyridine rings is 1. The number of rotatable bonds is 2. The van der Waals surface area contributed by atoms with Gasteiger partial charge in [-0.05, 0) is 24.6 Å². The molecule has 0 aliphatic heterocycles. The van der Waals surface area contributed by atoms with Crippen LogP contribution in [0.2, 0.25) is 0 Å². The predicted octanol–water partition coefficient (Wildman–Crippen LogP) is 1.92. The van der Waals surface area contributed by atoms with E-state index in [0.717, 1.165) is 10.9 Å². The number of fused-ring (bicyclic) bond motifs is 1. The number of hydrogen-bond donors (Lipinski definition) is 1. The van der Waals surface area contributed by atoms with Crippen molar-refractivity contribution < 1.29 is 14.3 Å². The summed E-state index contributed by atoms with van der Waals surface area (Å²) in [5.41, 5.74) is 8.13. The Morgan fingerprint density at radius 3 is 2.67 bits per heavy atom. The van der Waals surface area contributed by atoms with E-state index in [-0.39, 0.29) is 5.69 Å². The second kappa shape index (κ2) is 4.52. The van der Waals surface area contributed by atoms with E-state index in [1.807, 2.05) is 13.0 Å². The van der Waals surface area contributed by atoms with Crippen LogP contribution >= 0.6 is 0 Å². The first-order chi connectivity index (χ1) is 8.58. The molecule has 2 N–H and O–H groups in total. The van der Waals surface area contributed by atoms with Crippen LogP contribution in [0.3, 0.4) is 0 Å². The molecule has 0 amide bonds. The maximum absolute atomic E-state index is 11.5. The zero-order chi connectivity index (χ0) is 13.3. The van der Waals surface area contributed by atoms with E-state index in [9.17, 15) is 4.79 Å². The van der Waals surface area contributed by atoms with Gasteiger partial charge in [0.25, 0.3) is 0 Å². The van der Waals surface area contributed by atoms with Crippen LogP contribution in [0, 0.1) is 6.92 Å². The highest BCUT2D eigenvalue weighted by atomic mass is 16.5. The Kier molecular flexibility index (Phi) is 3.06. The number of aromatic nitrogens is 1. The molecule has 18 heavy (non-hydrogen) atoms. The SMILES string of the molecule is COC(=O)c1cc(OC)c2ccc(N)c(C)c2n1. The molecule has 0 aliphatic carbocycles. The molecule has 0 bridgehead atoms. The molecule has 94 valence electrons. The molecule has 0 unspecified atom stereocenters. The Morgan fingerprint density at radius 1 is 1.33 bits per heavy atom. The third kappa shape index (κ3) is 1.84. The fourth-order valence-corrected chi connectivity index (χ4v) is 1.79. The summed E-state index contributed by atoms with van der Waals surface area (Å²) in [6, 6.07) is 5.17. The Morgan fingerprint density at radius 2 is 2.06 bits per heavy atom. The van der Waals surface area contributed by atoms with Crippen molar-refractivity contribution in [2.45, 2.75) is 6.92 Å². The molecule has 1 aromatic carbocycles. The average molecular weight is 246 g/mol. The third-order valence-corrected chi connectivity index (χ3v) is 2.85. The van der Waals surface area contributed by atoms with E-state index in [1.165, 1.54) is 7.11 Å². The van der Waals surface area contributed by atoms with E-state index >= 15 is 0 Å². The molecule has 5 nitrogen and oxygen atoms in total. The summed E-state index contributed by atoms with van der Waals surface area (Å²) in [5.74, 6) is 0.0699. The summed E-state index contributed by atoms with van der Waals surface area (Å²) in [4.78, 5) is 15.8. The van der Waals surface area contributed by atoms with E-state index in [0.29, 0.717) is 17.0 Å². The van der Waals surface area contributed by atoms with Crippen molar-refractivity contribution in [2.75, 3.05) is 20.0 Å². The second-order valence-electron chi connectivity index (χ2n) is 3.88. The number of ether oxygens (including phenoxy) is 2. The first kappa shape index (κ1) is 12.2. The summed E-state index contributed by atoms with van der Waals surface area (Å²) in [7, 11) is 2.86. The molecule has 0 aliphatic rings. The highest BCUT2D eigenvalue weighted by Gasteiger charge is 2.14. The van der Waals surface area contributed by atoms with E-state index in [4.69, 9.17) is 10.5 Å². The maximum Gasteiger partial charge on any atom is 0.356 e. The largest absolute Gasteiger partial charge is 0.496 e. The van der Waals surface area contributed by atoms with Crippen LogP contribution < -0.4 is 10.5 Å². The molecule has 1 aromatic heterocycles. The molecular formula is C13H14N2O3. The van der Waals surface area contributed by atoms with Crippen molar-refractivity contribution in [2.24, 2.45) is 0 Å². The van der Waals surface area contributed by atoms with Crippen molar-refractivity contribution in [1.29, 1.82) is 0 Å². The van der Waals surface area contributed by atoms with Gasteiger partial charge in [0, 0.05) is 17.1 Å². The summed E-state index contributed by atoms with van der Waals surface area (Å²) in [6.45, 7) is 1.85. The number of hydrogen-bond acceptors (Lipinski definition) is 5. The molecule has 1 heterocycles. The Balaban J connectivity index is 2.80. The third-order valence-electron chi connectivity index (χ3n) is 2.85. The molecular weight excluding hydrogens is 232 g/mol. The van der Waals surface area contributed by atoms with Gasteiger partial charge < -0.3 is 15.2 Å². The Hall–Kier alpha value is -2.30. The number of nitrogen functional groups attached to an aromatic ring is 1. The molecule has 2 rings (SSSR count). The molecule has 0 saturated carbocycles. The van der Waals surface area contributed by atoms with Gasteiger partial charge in [-0.1, -0.05) is 0 Å². The van der Waals surface area contributed by atoms with Gasteiger partial charge in [0.2, 0.25) is 0 Å². The van der Waals surface area contributed by atoms with E-state index in [1.54, 1.807) is 19.2 Å². The molecule has 2 aromatic rings. The average Bonchev–Trinajstić information content (AvgIpc) is 2.41. The van der Waals surface area contributed by atoms with Crippen molar-refractivity contribution >= 4 is 22.6 Å². The van der Waals surface area contributed by atoms with Crippen LogP contribution in [-0.2, 0) is 4.74 Å². The summed E-state index contributed by atoms with van der Waals surface area (Å²) in [5, 5.41) is 0.817. The number of aryl methyl sites for hydroxylation is 1.